The van der Waals surface area contributed by atoms with E-state index in [1.165, 1.54) is 0 Å². The summed E-state index contributed by atoms with van der Waals surface area (Å²) in [5.74, 6) is 0.0669. The molecule has 0 aromatic rings. The Kier molecular flexibility index (Phi) is 8.38. The number of hydrogen-bond donors (Lipinski definition) is 0. The van der Waals surface area contributed by atoms with E-state index in [1.807, 2.05) is 0 Å². The number of rotatable bonds is 5. The Bertz CT molecular complexity index is 208. The molecule has 76 valence electrons. The van der Waals surface area contributed by atoms with Gasteiger partial charge >= 0.3 is 0 Å². The van der Waals surface area contributed by atoms with Gasteiger partial charge in [0.05, 0.1) is 12.7 Å². The van der Waals surface area contributed by atoms with Gasteiger partial charge in [-0.2, -0.15) is 0 Å². The quantitative estimate of drug-likeness (QED) is 0.440. The normalized spacial score (nSPS) is 12.4. The second-order valence-corrected chi connectivity index (χ2v) is 7.10. The van der Waals surface area contributed by atoms with Crippen molar-refractivity contribution in [3.05, 3.63) is 7.87 Å². The fourth-order valence-electron chi connectivity index (χ4n) is 0.745. The lowest BCUT2D eigenvalue weighted by Gasteiger charge is -2.07. The van der Waals surface area contributed by atoms with Gasteiger partial charge in [-0.1, -0.05) is 35.7 Å². The van der Waals surface area contributed by atoms with Crippen LogP contribution in [-0.4, -0.2) is 10.6 Å². The molecule has 0 bridgehead atoms. The molecule has 0 heterocycles. The number of alkyl halides is 1. The Hall–Kier alpha value is 1.33. The Morgan fingerprint density at radius 2 is 1.85 bits per heavy atom. The molecule has 0 fully saturated rings. The third kappa shape index (κ3) is 5.70. The molecule has 0 radical (unpaired) electrons. The van der Waals surface area contributed by atoms with E-state index in [-0.39, 0.29) is 10.6 Å². The minimum Gasteiger partial charge on any atom is -0.292 e. The zero-order valence-corrected chi connectivity index (χ0v) is 13.5. The van der Waals surface area contributed by atoms with Crippen LogP contribution in [0, 0.1) is 0 Å². The van der Waals surface area contributed by atoms with E-state index in [0.29, 0.717) is 7.87 Å². The highest BCUT2D eigenvalue weighted by Gasteiger charge is 2.18. The largest absolute Gasteiger partial charge is 0.292 e. The van der Waals surface area contributed by atoms with Gasteiger partial charge < -0.3 is 0 Å². The van der Waals surface area contributed by atoms with Crippen LogP contribution in [0.5, 0.6) is 0 Å². The number of allylic oxidation sites excluding steroid dienone is 1. The smallest absolute Gasteiger partial charge is 0.185 e. The molecule has 0 aliphatic heterocycles. The van der Waals surface area contributed by atoms with Crippen molar-refractivity contribution in [3.8, 4) is 0 Å². The van der Waals surface area contributed by atoms with Crippen LogP contribution in [0.3, 0.4) is 0 Å². The molecule has 0 aromatic heterocycles. The van der Waals surface area contributed by atoms with E-state index in [1.54, 1.807) is 0 Å². The van der Waals surface area contributed by atoms with Crippen LogP contribution in [0.1, 0.15) is 26.2 Å². The molecular formula is C8H10Br4O. The standard InChI is InChI=1S/C8H10Br4O/c1-2-3-4-5(9)7(13)6(10)8(11)12/h5H,2-4H2,1H3/t5-/m0/s1. The topological polar surface area (TPSA) is 17.1 Å². The van der Waals surface area contributed by atoms with Gasteiger partial charge in [-0.25, -0.2) is 0 Å². The Balaban J connectivity index is 4.19. The van der Waals surface area contributed by atoms with E-state index < -0.39 is 0 Å². The van der Waals surface area contributed by atoms with Crippen molar-refractivity contribution >= 4 is 69.5 Å². The highest BCUT2D eigenvalue weighted by molar-refractivity contribution is 9.29. The summed E-state index contributed by atoms with van der Waals surface area (Å²) in [6, 6.07) is 0. The lowest BCUT2D eigenvalue weighted by molar-refractivity contribution is -0.114. The summed E-state index contributed by atoms with van der Waals surface area (Å²) in [6.45, 7) is 2.11. The lowest BCUT2D eigenvalue weighted by atomic mass is 10.1. The monoisotopic (exact) mass is 438 g/mol. The SMILES string of the molecule is CCCC[C@H](Br)C(=O)C(Br)=C(Br)Br. The van der Waals surface area contributed by atoms with Crippen molar-refractivity contribution in [2.75, 3.05) is 0 Å². The molecule has 5 heteroatoms. The molecule has 0 spiro atoms. The van der Waals surface area contributed by atoms with Crippen LogP contribution in [0.25, 0.3) is 0 Å². The Morgan fingerprint density at radius 1 is 1.31 bits per heavy atom. The van der Waals surface area contributed by atoms with Gasteiger partial charge in [0.2, 0.25) is 0 Å². The van der Waals surface area contributed by atoms with E-state index in [9.17, 15) is 4.79 Å². The first-order chi connectivity index (χ1) is 6.00. The maximum atomic E-state index is 11.6. The van der Waals surface area contributed by atoms with Gasteiger partial charge in [0.15, 0.2) is 5.78 Å². The van der Waals surface area contributed by atoms with E-state index in [2.05, 4.69) is 70.6 Å². The molecule has 0 unspecified atom stereocenters. The fourth-order valence-corrected chi connectivity index (χ4v) is 2.27. The van der Waals surface area contributed by atoms with E-state index in [4.69, 9.17) is 0 Å². The van der Waals surface area contributed by atoms with Crippen molar-refractivity contribution in [2.45, 2.75) is 31.0 Å². The van der Waals surface area contributed by atoms with Crippen molar-refractivity contribution < 1.29 is 4.79 Å². The number of carbonyl (C=O) groups excluding carboxylic acids is 1. The molecule has 1 atom stereocenters. The van der Waals surface area contributed by atoms with Gasteiger partial charge in [0, 0.05) is 0 Å². The summed E-state index contributed by atoms with van der Waals surface area (Å²) in [4.78, 5) is 11.5. The average molecular weight is 442 g/mol. The average Bonchev–Trinajstić information content (AvgIpc) is 2.11. The molecule has 0 amide bonds. The Labute approximate surface area is 112 Å². The van der Waals surface area contributed by atoms with Crippen molar-refractivity contribution in [3.63, 3.8) is 0 Å². The van der Waals surface area contributed by atoms with Crippen molar-refractivity contribution in [2.24, 2.45) is 0 Å². The molecule has 0 saturated heterocycles. The van der Waals surface area contributed by atoms with Gasteiger partial charge in [0.25, 0.3) is 0 Å². The lowest BCUT2D eigenvalue weighted by Crippen LogP contribution is -2.13. The molecule has 0 N–H and O–H groups in total. The van der Waals surface area contributed by atoms with Crippen molar-refractivity contribution in [1.82, 2.24) is 0 Å². The molecule has 0 rings (SSSR count). The summed E-state index contributed by atoms with van der Waals surface area (Å²) >= 11 is 12.9. The minimum atomic E-state index is -0.0908. The maximum Gasteiger partial charge on any atom is 0.185 e. The van der Waals surface area contributed by atoms with E-state index in [0.717, 1.165) is 19.3 Å². The number of Topliss-reactive ketones (excluding diaryl/α,β-unsaturated/α-hetero) is 1. The first-order valence-corrected chi connectivity index (χ1v) is 7.19. The van der Waals surface area contributed by atoms with Crippen LogP contribution in [0.4, 0.5) is 0 Å². The third-order valence-corrected chi connectivity index (χ3v) is 5.00. The molecular weight excluding hydrogens is 432 g/mol. The molecule has 0 saturated carbocycles. The number of ketones is 1. The maximum absolute atomic E-state index is 11.6. The second kappa shape index (κ2) is 7.60. The summed E-state index contributed by atoms with van der Waals surface area (Å²) in [6.07, 6.45) is 3.03. The highest BCUT2D eigenvalue weighted by Crippen LogP contribution is 2.28. The van der Waals surface area contributed by atoms with Gasteiger partial charge in [-0.15, -0.1) is 0 Å². The van der Waals surface area contributed by atoms with Crippen LogP contribution >= 0.6 is 63.7 Å². The highest BCUT2D eigenvalue weighted by atomic mass is 79.9. The molecule has 13 heavy (non-hydrogen) atoms. The summed E-state index contributed by atoms with van der Waals surface area (Å²) < 4.78 is 1.21. The molecule has 0 aromatic carbocycles. The van der Waals surface area contributed by atoms with Gasteiger partial charge in [-0.3, -0.25) is 4.79 Å². The van der Waals surface area contributed by atoms with Crippen LogP contribution in [0.15, 0.2) is 7.87 Å². The summed E-state index contributed by atoms with van der Waals surface area (Å²) in [5, 5.41) is 0. The number of halogens is 4. The molecule has 0 aliphatic rings. The first-order valence-electron chi connectivity index (χ1n) is 3.89. The second-order valence-electron chi connectivity index (χ2n) is 2.55. The van der Waals surface area contributed by atoms with Gasteiger partial charge in [0.1, 0.15) is 0 Å². The first kappa shape index (κ1) is 14.3. The van der Waals surface area contributed by atoms with Crippen LogP contribution in [-0.2, 0) is 4.79 Å². The van der Waals surface area contributed by atoms with Crippen LogP contribution in [0.2, 0.25) is 0 Å². The number of carbonyl (C=O) groups is 1. The number of hydrogen-bond acceptors (Lipinski definition) is 1. The zero-order valence-electron chi connectivity index (χ0n) is 7.12. The summed E-state index contributed by atoms with van der Waals surface area (Å²) in [5.41, 5.74) is 0. The minimum absolute atomic E-state index is 0.0669. The predicted molar refractivity (Wildman–Crippen MR) is 71.1 cm³/mol. The van der Waals surface area contributed by atoms with Gasteiger partial charge in [-0.05, 0) is 54.2 Å². The molecule has 1 nitrogen and oxygen atoms in total. The predicted octanol–water partition coefficient (Wildman–Crippen LogP) is 4.86. The zero-order chi connectivity index (χ0) is 10.4. The molecule has 0 aliphatic carbocycles. The van der Waals surface area contributed by atoms with E-state index >= 15 is 0 Å². The number of unbranched alkanes of at least 4 members (excludes halogenated alkanes) is 1. The third-order valence-electron chi connectivity index (χ3n) is 1.48. The Morgan fingerprint density at radius 3 is 2.23 bits per heavy atom. The van der Waals surface area contributed by atoms with Crippen LogP contribution < -0.4 is 0 Å². The summed E-state index contributed by atoms with van der Waals surface area (Å²) in [7, 11) is 0. The fraction of sp³-hybridized carbons (Fsp3) is 0.625. The van der Waals surface area contributed by atoms with Crippen molar-refractivity contribution in [1.29, 1.82) is 0 Å².